The first-order chi connectivity index (χ1) is 14.7. The molecule has 7 heteroatoms. The molecule has 1 unspecified atom stereocenters. The van der Waals surface area contributed by atoms with E-state index >= 15 is 0 Å². The summed E-state index contributed by atoms with van der Waals surface area (Å²) in [6.07, 6.45) is 3.20. The van der Waals surface area contributed by atoms with Crippen LogP contribution in [-0.4, -0.2) is 43.6 Å². The second-order valence-corrected chi connectivity index (χ2v) is 8.32. The van der Waals surface area contributed by atoms with Crippen molar-refractivity contribution in [3.63, 3.8) is 0 Å². The van der Waals surface area contributed by atoms with Gasteiger partial charge in [0.05, 0.1) is 43.7 Å². The number of nitrogens with zero attached hydrogens (tertiary/aromatic N) is 1. The van der Waals surface area contributed by atoms with Crippen molar-refractivity contribution < 1.29 is 14.6 Å². The number of alkyl halides is 1. The summed E-state index contributed by atoms with van der Waals surface area (Å²) in [6.45, 7) is 9.13. The molecule has 0 bridgehead atoms. The molecule has 0 spiro atoms. The maximum absolute atomic E-state index is 6.22. The fraction of sp³-hybridized carbons (Fsp3) is 0.478. The standard InChI is InChI=1S/C23H30Cl2N4O/c1-3-5-15-30-21-10-9-19-23(28-21)22(18-8-7-17(25)16-20(18)27-19)26-12-6-13-29(4-2)14-11-24/h7-10,16H,3-6,11-15H2,1-2H3,(H,26,27)/p+2. The second kappa shape index (κ2) is 11.5. The molecular weight excluding hydrogens is 419 g/mol. The van der Waals surface area contributed by atoms with Gasteiger partial charge in [-0.1, -0.05) is 24.9 Å². The summed E-state index contributed by atoms with van der Waals surface area (Å²) in [5, 5.41) is 5.39. The Hall–Kier alpha value is -1.82. The van der Waals surface area contributed by atoms with Crippen LogP contribution < -0.4 is 19.9 Å². The first-order valence-electron chi connectivity index (χ1n) is 10.9. The molecule has 0 amide bonds. The van der Waals surface area contributed by atoms with Crippen LogP contribution in [0, 0.1) is 0 Å². The lowest BCUT2D eigenvalue weighted by molar-refractivity contribution is -0.895. The Kier molecular flexibility index (Phi) is 8.79. The number of aromatic nitrogens is 2. The molecule has 0 saturated carbocycles. The van der Waals surface area contributed by atoms with Gasteiger partial charge in [-0.25, -0.2) is 4.98 Å². The highest BCUT2D eigenvalue weighted by molar-refractivity contribution is 6.31. The van der Waals surface area contributed by atoms with E-state index in [0.717, 1.165) is 78.9 Å². The number of halogens is 2. The normalized spacial score (nSPS) is 12.4. The molecule has 3 aromatic rings. The fourth-order valence-corrected chi connectivity index (χ4v) is 4.02. The van der Waals surface area contributed by atoms with Crippen LogP contribution >= 0.6 is 23.2 Å². The second-order valence-electron chi connectivity index (χ2n) is 7.51. The SMILES string of the molecule is CCCCOc1ccc2nc3cc(Cl)ccc3c(NCCC[NH+](CC)CCCl)c2[nH+]1. The topological polar surface area (TPSA) is 52.7 Å². The van der Waals surface area contributed by atoms with E-state index in [1.54, 1.807) is 0 Å². The van der Waals surface area contributed by atoms with Crippen LogP contribution in [0.15, 0.2) is 30.3 Å². The molecule has 0 fully saturated rings. The van der Waals surface area contributed by atoms with Gasteiger partial charge in [0.15, 0.2) is 0 Å². The first kappa shape index (κ1) is 22.9. The van der Waals surface area contributed by atoms with Crippen LogP contribution in [0.2, 0.25) is 5.02 Å². The molecule has 0 saturated heterocycles. The third kappa shape index (κ3) is 5.87. The minimum Gasteiger partial charge on any atom is -0.444 e. The number of aromatic amines is 1. The Morgan fingerprint density at radius 3 is 2.73 bits per heavy atom. The number of unbranched alkanes of at least 4 members (excludes halogenated alkanes) is 1. The molecule has 3 rings (SSSR count). The Balaban J connectivity index is 1.87. The number of fused-ring (bicyclic) bond motifs is 2. The fourth-order valence-electron chi connectivity index (χ4n) is 3.58. The lowest BCUT2D eigenvalue weighted by atomic mass is 10.1. The molecule has 5 nitrogen and oxygen atoms in total. The number of anilines is 1. The Morgan fingerprint density at radius 1 is 1.10 bits per heavy atom. The van der Waals surface area contributed by atoms with E-state index < -0.39 is 0 Å². The van der Waals surface area contributed by atoms with Crippen molar-refractivity contribution in [3.8, 4) is 5.88 Å². The monoisotopic (exact) mass is 450 g/mol. The molecule has 0 aliphatic rings. The molecule has 2 heterocycles. The number of benzene rings is 1. The average Bonchev–Trinajstić information content (AvgIpc) is 2.75. The van der Waals surface area contributed by atoms with Crippen molar-refractivity contribution in [1.82, 2.24) is 4.98 Å². The van der Waals surface area contributed by atoms with Gasteiger partial charge in [0.1, 0.15) is 11.2 Å². The van der Waals surface area contributed by atoms with Crippen LogP contribution in [0.5, 0.6) is 5.88 Å². The van der Waals surface area contributed by atoms with E-state index in [9.17, 15) is 0 Å². The van der Waals surface area contributed by atoms with Crippen LogP contribution in [0.4, 0.5) is 5.69 Å². The highest BCUT2D eigenvalue weighted by Crippen LogP contribution is 2.30. The van der Waals surface area contributed by atoms with Crippen LogP contribution in [0.25, 0.3) is 21.9 Å². The van der Waals surface area contributed by atoms with Gasteiger partial charge in [0, 0.05) is 23.4 Å². The van der Waals surface area contributed by atoms with E-state index in [-0.39, 0.29) is 0 Å². The quantitative estimate of drug-likeness (QED) is 0.249. The highest BCUT2D eigenvalue weighted by atomic mass is 35.5. The third-order valence-electron chi connectivity index (χ3n) is 5.33. The summed E-state index contributed by atoms with van der Waals surface area (Å²) >= 11 is 12.1. The summed E-state index contributed by atoms with van der Waals surface area (Å²) < 4.78 is 5.89. The first-order valence-corrected chi connectivity index (χ1v) is 11.8. The minimum absolute atomic E-state index is 0.687. The molecule has 0 aliphatic carbocycles. The van der Waals surface area contributed by atoms with Gasteiger partial charge in [-0.15, -0.1) is 11.6 Å². The summed E-state index contributed by atoms with van der Waals surface area (Å²) in [6, 6.07) is 9.80. The molecule has 0 radical (unpaired) electrons. The summed E-state index contributed by atoms with van der Waals surface area (Å²) in [5.41, 5.74) is 3.77. The third-order valence-corrected chi connectivity index (χ3v) is 5.75. The lowest BCUT2D eigenvalue weighted by Crippen LogP contribution is -3.12. The van der Waals surface area contributed by atoms with E-state index in [0.29, 0.717) is 17.5 Å². The molecular formula is C23H32Cl2N4O+2. The number of H-pyrrole nitrogens is 1. The van der Waals surface area contributed by atoms with Gasteiger partial charge in [-0.2, -0.15) is 4.98 Å². The summed E-state index contributed by atoms with van der Waals surface area (Å²) in [5.74, 6) is 1.46. The molecule has 2 aromatic heterocycles. The van der Waals surface area contributed by atoms with E-state index in [1.807, 2.05) is 30.3 Å². The average molecular weight is 451 g/mol. The van der Waals surface area contributed by atoms with E-state index in [4.69, 9.17) is 32.9 Å². The zero-order valence-electron chi connectivity index (χ0n) is 17.9. The summed E-state index contributed by atoms with van der Waals surface area (Å²) in [7, 11) is 0. The molecule has 30 heavy (non-hydrogen) atoms. The van der Waals surface area contributed by atoms with Gasteiger partial charge in [0.25, 0.3) is 5.52 Å². The predicted molar refractivity (Wildman–Crippen MR) is 126 cm³/mol. The minimum atomic E-state index is 0.687. The number of nitrogens with one attached hydrogen (secondary N) is 3. The number of rotatable bonds is 12. The summed E-state index contributed by atoms with van der Waals surface area (Å²) in [4.78, 5) is 9.77. The van der Waals surface area contributed by atoms with Gasteiger partial charge in [0.2, 0.25) is 0 Å². The van der Waals surface area contributed by atoms with Gasteiger partial charge in [-0.05, 0) is 37.6 Å². The zero-order chi connectivity index (χ0) is 21.3. The van der Waals surface area contributed by atoms with Crippen molar-refractivity contribution in [3.05, 3.63) is 35.4 Å². The Morgan fingerprint density at radius 2 is 1.97 bits per heavy atom. The highest BCUT2D eigenvalue weighted by Gasteiger charge is 2.17. The van der Waals surface area contributed by atoms with Crippen molar-refractivity contribution in [2.75, 3.05) is 44.0 Å². The van der Waals surface area contributed by atoms with E-state index in [1.165, 1.54) is 4.90 Å². The number of pyridine rings is 2. The molecule has 162 valence electrons. The van der Waals surface area contributed by atoms with Gasteiger partial charge >= 0.3 is 5.88 Å². The van der Waals surface area contributed by atoms with Crippen LogP contribution in [-0.2, 0) is 0 Å². The molecule has 1 aromatic carbocycles. The largest absolute Gasteiger partial charge is 0.444 e. The van der Waals surface area contributed by atoms with E-state index in [2.05, 4.69) is 24.1 Å². The predicted octanol–water partition coefficient (Wildman–Crippen LogP) is 3.98. The zero-order valence-corrected chi connectivity index (χ0v) is 19.4. The van der Waals surface area contributed by atoms with Crippen molar-refractivity contribution in [1.29, 1.82) is 0 Å². The molecule has 1 atom stereocenters. The van der Waals surface area contributed by atoms with Gasteiger partial charge in [-0.3, -0.25) is 0 Å². The van der Waals surface area contributed by atoms with Gasteiger partial charge < -0.3 is 15.0 Å². The number of ether oxygens (including phenoxy) is 1. The van der Waals surface area contributed by atoms with Crippen LogP contribution in [0.1, 0.15) is 33.1 Å². The number of quaternary nitrogens is 1. The Bertz CT molecular complexity index is 967. The molecule has 0 aliphatic heterocycles. The number of hydrogen-bond acceptors (Lipinski definition) is 3. The Labute approximate surface area is 188 Å². The maximum atomic E-state index is 6.22. The number of hydrogen-bond donors (Lipinski definition) is 2. The molecule has 3 N–H and O–H groups in total. The maximum Gasteiger partial charge on any atom is 0.366 e. The smallest absolute Gasteiger partial charge is 0.366 e. The van der Waals surface area contributed by atoms with Crippen LogP contribution in [0.3, 0.4) is 0 Å². The van der Waals surface area contributed by atoms with Crippen molar-refractivity contribution >= 4 is 50.8 Å². The lowest BCUT2D eigenvalue weighted by Gasteiger charge is -2.16. The van der Waals surface area contributed by atoms with Crippen molar-refractivity contribution in [2.45, 2.75) is 33.1 Å². The van der Waals surface area contributed by atoms with Crippen molar-refractivity contribution in [2.24, 2.45) is 0 Å².